The van der Waals surface area contributed by atoms with Crippen LogP contribution in [0.4, 0.5) is 0 Å². The number of halogens is 2. The normalized spacial score (nSPS) is 16.8. The van der Waals surface area contributed by atoms with Gasteiger partial charge in [-0.1, -0.05) is 108 Å². The highest BCUT2D eigenvalue weighted by atomic mass is 35.5. The Hall–Kier alpha value is -2.62. The van der Waals surface area contributed by atoms with E-state index in [1.54, 1.807) is 0 Å². The monoisotopic (exact) mass is 486 g/mol. The van der Waals surface area contributed by atoms with Crippen LogP contribution in [0.5, 0.6) is 0 Å². The van der Waals surface area contributed by atoms with Crippen LogP contribution in [0.2, 0.25) is 10.0 Å². The number of piperazine rings is 1. The average Bonchev–Trinajstić information content (AvgIpc) is 2.89. The van der Waals surface area contributed by atoms with Gasteiger partial charge in [-0.2, -0.15) is 0 Å². The van der Waals surface area contributed by atoms with Crippen LogP contribution in [0.15, 0.2) is 109 Å². The van der Waals surface area contributed by atoms with Gasteiger partial charge in [0.15, 0.2) is 0 Å². The van der Waals surface area contributed by atoms with Crippen LogP contribution in [-0.4, -0.2) is 36.0 Å². The van der Waals surface area contributed by atoms with Gasteiger partial charge in [0, 0.05) is 36.2 Å². The van der Waals surface area contributed by atoms with Crippen molar-refractivity contribution in [1.82, 2.24) is 9.80 Å². The van der Waals surface area contributed by atoms with E-state index in [1.165, 1.54) is 22.3 Å². The first-order valence-electron chi connectivity index (χ1n) is 11.8. The molecule has 0 bridgehead atoms. The summed E-state index contributed by atoms with van der Waals surface area (Å²) in [4.78, 5) is 5.19. The van der Waals surface area contributed by atoms with E-state index in [1.807, 2.05) is 24.3 Å². The predicted molar refractivity (Wildman–Crippen MR) is 143 cm³/mol. The maximum Gasteiger partial charge on any atom is 0.0602 e. The van der Waals surface area contributed by atoms with Crippen molar-refractivity contribution < 1.29 is 0 Å². The highest BCUT2D eigenvalue weighted by Gasteiger charge is 2.30. The van der Waals surface area contributed by atoms with E-state index in [0.717, 1.165) is 36.2 Å². The van der Waals surface area contributed by atoms with E-state index < -0.39 is 0 Å². The maximum absolute atomic E-state index is 6.20. The molecule has 5 rings (SSSR count). The second-order valence-electron chi connectivity index (χ2n) is 8.80. The van der Waals surface area contributed by atoms with E-state index in [4.69, 9.17) is 23.2 Å². The van der Waals surface area contributed by atoms with Crippen molar-refractivity contribution >= 4 is 23.2 Å². The molecule has 1 heterocycles. The molecule has 4 heteroatoms. The molecule has 0 radical (unpaired) electrons. The molecule has 1 fully saturated rings. The Bertz CT molecular complexity index is 1070. The van der Waals surface area contributed by atoms with Crippen molar-refractivity contribution in [3.05, 3.63) is 141 Å². The first kappa shape index (κ1) is 23.1. The van der Waals surface area contributed by atoms with Crippen LogP contribution in [0.1, 0.15) is 34.3 Å². The molecular weight excluding hydrogens is 459 g/mol. The fourth-order valence-electron chi connectivity index (χ4n) is 5.04. The van der Waals surface area contributed by atoms with Crippen LogP contribution < -0.4 is 0 Å². The molecule has 2 atom stereocenters. The van der Waals surface area contributed by atoms with Crippen LogP contribution in [0.25, 0.3) is 0 Å². The SMILES string of the molecule is Clc1ccc([C@@H](c2ccccc2)N2CCN([C@H](c3ccccc3)c3ccc(Cl)cc3)CC2)cc1. The summed E-state index contributed by atoms with van der Waals surface area (Å²) < 4.78 is 0. The second kappa shape index (κ2) is 10.8. The Kier molecular flexibility index (Phi) is 7.32. The predicted octanol–water partition coefficient (Wildman–Crippen LogP) is 7.49. The zero-order valence-corrected chi connectivity index (χ0v) is 20.5. The van der Waals surface area contributed by atoms with Gasteiger partial charge in [-0.15, -0.1) is 0 Å². The Balaban J connectivity index is 1.41. The average molecular weight is 487 g/mol. The molecule has 0 unspecified atom stereocenters. The molecule has 0 aliphatic carbocycles. The molecule has 4 aromatic carbocycles. The number of rotatable bonds is 6. The summed E-state index contributed by atoms with van der Waals surface area (Å²) >= 11 is 12.4. The minimum Gasteiger partial charge on any atom is -0.290 e. The number of hydrogen-bond donors (Lipinski definition) is 0. The van der Waals surface area contributed by atoms with Gasteiger partial charge in [-0.25, -0.2) is 0 Å². The minimum absolute atomic E-state index is 0.214. The second-order valence-corrected chi connectivity index (χ2v) is 9.67. The molecule has 1 aliphatic heterocycles. The first-order chi connectivity index (χ1) is 16.7. The molecule has 34 heavy (non-hydrogen) atoms. The fraction of sp³-hybridized carbons (Fsp3) is 0.200. The molecule has 2 nitrogen and oxygen atoms in total. The molecule has 0 aromatic heterocycles. The van der Waals surface area contributed by atoms with E-state index >= 15 is 0 Å². The molecule has 1 saturated heterocycles. The molecule has 0 amide bonds. The van der Waals surface area contributed by atoms with Crippen molar-refractivity contribution in [2.45, 2.75) is 12.1 Å². The molecular formula is C30H28Cl2N2. The van der Waals surface area contributed by atoms with Crippen molar-refractivity contribution in [1.29, 1.82) is 0 Å². The highest BCUT2D eigenvalue weighted by Crippen LogP contribution is 2.34. The standard InChI is InChI=1S/C30H28Cl2N2/c31-27-15-11-25(12-16-27)29(23-7-3-1-4-8-23)33-19-21-34(22-20-33)30(24-9-5-2-6-10-24)26-13-17-28(32)18-14-26/h1-18,29-30H,19-22H2/t29-,30-/m1/s1. The lowest BCUT2D eigenvalue weighted by atomic mass is 9.94. The van der Waals surface area contributed by atoms with Crippen molar-refractivity contribution in [2.75, 3.05) is 26.2 Å². The number of benzene rings is 4. The van der Waals surface area contributed by atoms with Crippen LogP contribution in [-0.2, 0) is 0 Å². The third kappa shape index (κ3) is 5.21. The summed E-state index contributed by atoms with van der Waals surface area (Å²) in [6.07, 6.45) is 0. The summed E-state index contributed by atoms with van der Waals surface area (Å²) in [6.45, 7) is 3.94. The number of hydrogen-bond acceptors (Lipinski definition) is 2. The Morgan fingerprint density at radius 1 is 0.412 bits per heavy atom. The molecule has 0 spiro atoms. The molecule has 0 saturated carbocycles. The van der Waals surface area contributed by atoms with Crippen LogP contribution >= 0.6 is 23.2 Å². The lowest BCUT2D eigenvalue weighted by molar-refractivity contribution is 0.0898. The van der Waals surface area contributed by atoms with E-state index in [2.05, 4.69) is 94.7 Å². The zero-order chi connectivity index (χ0) is 23.3. The minimum atomic E-state index is 0.214. The topological polar surface area (TPSA) is 6.48 Å². The van der Waals surface area contributed by atoms with Crippen LogP contribution in [0, 0.1) is 0 Å². The van der Waals surface area contributed by atoms with Crippen molar-refractivity contribution in [3.8, 4) is 0 Å². The van der Waals surface area contributed by atoms with Gasteiger partial charge in [0.25, 0.3) is 0 Å². The van der Waals surface area contributed by atoms with Gasteiger partial charge in [-0.3, -0.25) is 9.80 Å². The summed E-state index contributed by atoms with van der Waals surface area (Å²) in [5, 5.41) is 1.54. The summed E-state index contributed by atoms with van der Waals surface area (Å²) in [7, 11) is 0. The lowest BCUT2D eigenvalue weighted by Crippen LogP contribution is -2.49. The van der Waals surface area contributed by atoms with Gasteiger partial charge in [0.1, 0.15) is 0 Å². The quantitative estimate of drug-likeness (QED) is 0.278. The summed E-state index contributed by atoms with van der Waals surface area (Å²) in [6, 6.07) is 38.6. The Morgan fingerprint density at radius 2 is 0.706 bits per heavy atom. The molecule has 172 valence electrons. The van der Waals surface area contributed by atoms with Gasteiger partial charge in [0.2, 0.25) is 0 Å². The summed E-state index contributed by atoms with van der Waals surface area (Å²) in [5.74, 6) is 0. The Morgan fingerprint density at radius 3 is 1.03 bits per heavy atom. The molecule has 4 aromatic rings. The Labute approximate surface area is 212 Å². The van der Waals surface area contributed by atoms with E-state index in [0.29, 0.717) is 0 Å². The molecule has 0 N–H and O–H groups in total. The first-order valence-corrected chi connectivity index (χ1v) is 12.5. The third-order valence-electron chi connectivity index (χ3n) is 6.68. The maximum atomic E-state index is 6.20. The van der Waals surface area contributed by atoms with Gasteiger partial charge < -0.3 is 0 Å². The molecule has 1 aliphatic rings. The third-order valence-corrected chi connectivity index (χ3v) is 7.19. The largest absolute Gasteiger partial charge is 0.290 e. The fourth-order valence-corrected chi connectivity index (χ4v) is 5.29. The number of nitrogens with zero attached hydrogens (tertiary/aromatic N) is 2. The van der Waals surface area contributed by atoms with Gasteiger partial charge in [-0.05, 0) is 46.5 Å². The lowest BCUT2D eigenvalue weighted by Gasteiger charge is -2.43. The van der Waals surface area contributed by atoms with Crippen molar-refractivity contribution in [3.63, 3.8) is 0 Å². The van der Waals surface area contributed by atoms with Gasteiger partial charge >= 0.3 is 0 Å². The highest BCUT2D eigenvalue weighted by molar-refractivity contribution is 6.30. The van der Waals surface area contributed by atoms with E-state index in [-0.39, 0.29) is 12.1 Å². The smallest absolute Gasteiger partial charge is 0.0602 e. The zero-order valence-electron chi connectivity index (χ0n) is 19.0. The summed E-state index contributed by atoms with van der Waals surface area (Å²) in [5.41, 5.74) is 5.19. The van der Waals surface area contributed by atoms with Crippen LogP contribution in [0.3, 0.4) is 0 Å². The van der Waals surface area contributed by atoms with Gasteiger partial charge in [0.05, 0.1) is 12.1 Å². The van der Waals surface area contributed by atoms with Crippen molar-refractivity contribution in [2.24, 2.45) is 0 Å². The van der Waals surface area contributed by atoms with E-state index in [9.17, 15) is 0 Å².